The van der Waals surface area contributed by atoms with Crippen molar-refractivity contribution in [1.29, 1.82) is 0 Å². The lowest BCUT2D eigenvalue weighted by Gasteiger charge is -2.33. The molecule has 2 amide bonds. The van der Waals surface area contributed by atoms with E-state index in [4.69, 9.17) is 4.42 Å². The molecule has 0 aliphatic carbocycles. The van der Waals surface area contributed by atoms with Gasteiger partial charge in [0, 0.05) is 38.1 Å². The minimum Gasteiger partial charge on any atom is -0.415 e. The van der Waals surface area contributed by atoms with E-state index >= 15 is 0 Å². The average Bonchev–Trinajstić information content (AvgIpc) is 3.29. The topological polar surface area (TPSA) is 87.4 Å². The lowest BCUT2D eigenvalue weighted by molar-refractivity contribution is 0.116. The van der Waals surface area contributed by atoms with Crippen molar-refractivity contribution in [3.8, 4) is 11.5 Å². The van der Waals surface area contributed by atoms with Crippen LogP contribution in [0.4, 0.5) is 19.3 Å². The van der Waals surface area contributed by atoms with Crippen LogP contribution in [0.2, 0.25) is 0 Å². The molecule has 1 aliphatic rings. The van der Waals surface area contributed by atoms with Crippen molar-refractivity contribution in [3.63, 3.8) is 0 Å². The van der Waals surface area contributed by atoms with Crippen LogP contribution in [-0.2, 0) is 6.54 Å². The number of urea groups is 1. The number of pyridine rings is 1. The Bertz CT molecular complexity index is 1030. The predicted octanol–water partition coefficient (Wildman–Crippen LogP) is 3.41. The molecule has 8 nitrogen and oxygen atoms in total. The number of rotatable bonds is 5. The number of alkyl halides is 2. The number of carbonyl (C=O) groups is 1. The lowest BCUT2D eigenvalue weighted by Crippen LogP contribution is -2.51. The van der Waals surface area contributed by atoms with E-state index in [9.17, 15) is 13.6 Å². The smallest absolute Gasteiger partial charge is 0.324 e. The first-order valence-corrected chi connectivity index (χ1v) is 9.92. The molecular formula is C21H22F2N6O2. The maximum atomic E-state index is 13.3. The number of aromatic nitrogens is 3. The molecule has 2 aromatic heterocycles. The zero-order valence-electron chi connectivity index (χ0n) is 17.0. The van der Waals surface area contributed by atoms with E-state index in [0.717, 1.165) is 24.3 Å². The van der Waals surface area contributed by atoms with E-state index in [1.807, 2.05) is 36.1 Å². The first-order valence-electron chi connectivity index (χ1n) is 9.92. The number of nitrogens with zero attached hydrogens (tertiary/aromatic N) is 5. The number of amides is 2. The predicted molar refractivity (Wildman–Crippen MR) is 110 cm³/mol. The fourth-order valence-corrected chi connectivity index (χ4v) is 3.34. The lowest BCUT2D eigenvalue weighted by atomic mass is 10.2. The van der Waals surface area contributed by atoms with Gasteiger partial charge in [0.05, 0.1) is 17.8 Å². The molecule has 1 fully saturated rings. The molecule has 0 saturated carbocycles. The van der Waals surface area contributed by atoms with Gasteiger partial charge in [-0.25, -0.2) is 4.79 Å². The molecule has 1 aromatic carbocycles. The molecular weight excluding hydrogens is 406 g/mol. The summed E-state index contributed by atoms with van der Waals surface area (Å²) in [5.41, 5.74) is 2.90. The van der Waals surface area contributed by atoms with E-state index < -0.39 is 12.3 Å². The van der Waals surface area contributed by atoms with Crippen molar-refractivity contribution < 1.29 is 18.0 Å². The highest BCUT2D eigenvalue weighted by Crippen LogP contribution is 2.24. The Hall–Kier alpha value is -3.40. The SMILES string of the molecule is Cc1cccc(N(Cc2ccc(-c3nnc(C(F)F)o3)cn2)C(=O)N2CCNCC2)c1. The van der Waals surface area contributed by atoms with Gasteiger partial charge in [0.1, 0.15) is 0 Å². The fourth-order valence-electron chi connectivity index (χ4n) is 3.34. The molecule has 3 heterocycles. The van der Waals surface area contributed by atoms with Crippen molar-refractivity contribution >= 4 is 11.7 Å². The third-order valence-electron chi connectivity index (χ3n) is 4.95. The van der Waals surface area contributed by atoms with Crippen LogP contribution in [-0.4, -0.2) is 52.3 Å². The highest BCUT2D eigenvalue weighted by molar-refractivity contribution is 5.92. The van der Waals surface area contributed by atoms with Gasteiger partial charge in [-0.15, -0.1) is 10.2 Å². The Balaban J connectivity index is 1.56. The standard InChI is InChI=1S/C21H22F2N6O2/c1-14-3-2-4-17(11-14)29(21(30)28-9-7-24-8-10-28)13-16-6-5-15(12-25-16)19-26-27-20(31-19)18(22)23/h2-6,11-12,18,24H,7-10,13H2,1H3. The molecule has 3 aromatic rings. The number of nitrogens with one attached hydrogen (secondary N) is 1. The van der Waals surface area contributed by atoms with Crippen LogP contribution >= 0.6 is 0 Å². The molecule has 0 bridgehead atoms. The van der Waals surface area contributed by atoms with Crippen molar-refractivity contribution in [2.45, 2.75) is 19.9 Å². The van der Waals surface area contributed by atoms with Gasteiger partial charge in [0.2, 0.25) is 5.89 Å². The van der Waals surface area contributed by atoms with Gasteiger partial charge in [0.25, 0.3) is 5.89 Å². The Morgan fingerprint density at radius 3 is 2.68 bits per heavy atom. The Morgan fingerprint density at radius 2 is 2.03 bits per heavy atom. The van der Waals surface area contributed by atoms with E-state index in [0.29, 0.717) is 24.3 Å². The fraction of sp³-hybridized carbons (Fsp3) is 0.333. The summed E-state index contributed by atoms with van der Waals surface area (Å²) in [4.78, 5) is 21.2. The maximum absolute atomic E-state index is 13.3. The van der Waals surface area contributed by atoms with Gasteiger partial charge >= 0.3 is 12.5 Å². The zero-order valence-corrected chi connectivity index (χ0v) is 17.0. The summed E-state index contributed by atoms with van der Waals surface area (Å²) in [7, 11) is 0. The van der Waals surface area contributed by atoms with Crippen LogP contribution in [0.15, 0.2) is 47.0 Å². The normalized spacial score (nSPS) is 14.1. The summed E-state index contributed by atoms with van der Waals surface area (Å²) in [5, 5.41) is 10.2. The number of carbonyl (C=O) groups excluding carboxylic acids is 1. The van der Waals surface area contributed by atoms with E-state index in [2.05, 4.69) is 20.5 Å². The number of hydrogen-bond donors (Lipinski definition) is 1. The van der Waals surface area contributed by atoms with Gasteiger partial charge in [-0.2, -0.15) is 8.78 Å². The number of halogens is 2. The van der Waals surface area contributed by atoms with Gasteiger partial charge in [-0.05, 0) is 36.8 Å². The summed E-state index contributed by atoms with van der Waals surface area (Å²) in [6.45, 7) is 5.02. The van der Waals surface area contributed by atoms with Crippen LogP contribution in [0.5, 0.6) is 0 Å². The Labute approximate surface area is 177 Å². The second kappa shape index (κ2) is 9.17. The summed E-state index contributed by atoms with van der Waals surface area (Å²) < 4.78 is 30.3. The molecule has 10 heteroatoms. The third-order valence-corrected chi connectivity index (χ3v) is 4.95. The zero-order chi connectivity index (χ0) is 21.8. The monoisotopic (exact) mass is 428 g/mol. The summed E-state index contributed by atoms with van der Waals surface area (Å²) in [6, 6.07) is 11.0. The van der Waals surface area contributed by atoms with Crippen LogP contribution in [0.1, 0.15) is 23.6 Å². The number of hydrogen-bond acceptors (Lipinski definition) is 6. The average molecular weight is 428 g/mol. The molecule has 0 unspecified atom stereocenters. The molecule has 4 rings (SSSR count). The van der Waals surface area contributed by atoms with Gasteiger partial charge in [-0.3, -0.25) is 9.88 Å². The molecule has 1 saturated heterocycles. The van der Waals surface area contributed by atoms with Gasteiger partial charge < -0.3 is 14.6 Å². The highest BCUT2D eigenvalue weighted by atomic mass is 19.3. The molecule has 0 atom stereocenters. The van der Waals surface area contributed by atoms with Crippen molar-refractivity contribution in [2.75, 3.05) is 31.1 Å². The van der Waals surface area contributed by atoms with Gasteiger partial charge in [0.15, 0.2) is 0 Å². The summed E-state index contributed by atoms with van der Waals surface area (Å²) >= 11 is 0. The number of aryl methyl sites for hydroxylation is 1. The van der Waals surface area contributed by atoms with E-state index in [1.165, 1.54) is 6.20 Å². The van der Waals surface area contributed by atoms with Crippen LogP contribution < -0.4 is 10.2 Å². The van der Waals surface area contributed by atoms with Gasteiger partial charge in [-0.1, -0.05) is 12.1 Å². The second-order valence-electron chi connectivity index (χ2n) is 7.23. The summed E-state index contributed by atoms with van der Waals surface area (Å²) in [6.07, 6.45) is -1.35. The second-order valence-corrected chi connectivity index (χ2v) is 7.23. The molecule has 162 valence electrons. The maximum Gasteiger partial charge on any atom is 0.324 e. The van der Waals surface area contributed by atoms with E-state index in [1.54, 1.807) is 17.0 Å². The molecule has 31 heavy (non-hydrogen) atoms. The Morgan fingerprint density at radius 1 is 1.23 bits per heavy atom. The number of anilines is 1. The largest absolute Gasteiger partial charge is 0.415 e. The first-order chi connectivity index (χ1) is 15.0. The molecule has 0 radical (unpaired) electrons. The van der Waals surface area contributed by atoms with Crippen molar-refractivity contribution in [1.82, 2.24) is 25.4 Å². The highest BCUT2D eigenvalue weighted by Gasteiger charge is 2.24. The number of piperazine rings is 1. The molecule has 1 aliphatic heterocycles. The molecule has 1 N–H and O–H groups in total. The first kappa shape index (κ1) is 20.9. The van der Waals surface area contributed by atoms with Crippen LogP contribution in [0.25, 0.3) is 11.5 Å². The minimum atomic E-state index is -2.83. The van der Waals surface area contributed by atoms with Crippen LogP contribution in [0.3, 0.4) is 0 Å². The summed E-state index contributed by atoms with van der Waals surface area (Å²) in [5.74, 6) is -0.756. The number of benzene rings is 1. The third kappa shape index (κ3) is 4.85. The van der Waals surface area contributed by atoms with Crippen molar-refractivity contribution in [3.05, 3.63) is 59.7 Å². The van der Waals surface area contributed by atoms with Crippen molar-refractivity contribution in [2.24, 2.45) is 0 Å². The van der Waals surface area contributed by atoms with Crippen LogP contribution in [0, 0.1) is 6.92 Å². The minimum absolute atomic E-state index is 0.0261. The van der Waals surface area contributed by atoms with E-state index in [-0.39, 0.29) is 18.5 Å². The Kier molecular flexibility index (Phi) is 6.17. The quantitative estimate of drug-likeness (QED) is 0.670. The molecule has 0 spiro atoms.